The topological polar surface area (TPSA) is 108 Å². The number of aryl methyl sites for hydroxylation is 1. The molecule has 0 saturated heterocycles. The third-order valence-corrected chi connectivity index (χ3v) is 3.32. The summed E-state index contributed by atoms with van der Waals surface area (Å²) < 4.78 is 5.14. The van der Waals surface area contributed by atoms with Crippen LogP contribution in [-0.2, 0) is 5.54 Å². The second-order valence-electron chi connectivity index (χ2n) is 4.92. The molecule has 0 radical (unpaired) electrons. The van der Waals surface area contributed by atoms with Crippen LogP contribution in [0.1, 0.15) is 31.7 Å². The predicted molar refractivity (Wildman–Crippen MR) is 73.0 cm³/mol. The molecule has 20 heavy (non-hydrogen) atoms. The Morgan fingerprint density at radius 3 is 2.80 bits per heavy atom. The number of rotatable bonds is 4. The summed E-state index contributed by atoms with van der Waals surface area (Å²) in [6.07, 6.45) is 0.627. The lowest BCUT2D eigenvalue weighted by atomic mass is 10.00. The van der Waals surface area contributed by atoms with Gasteiger partial charge < -0.3 is 10.3 Å². The van der Waals surface area contributed by atoms with E-state index in [1.165, 1.54) is 0 Å². The van der Waals surface area contributed by atoms with Crippen LogP contribution < -0.4 is 5.73 Å². The molecule has 2 rings (SSSR count). The van der Waals surface area contributed by atoms with Gasteiger partial charge in [-0.3, -0.25) is 10.1 Å². The van der Waals surface area contributed by atoms with Gasteiger partial charge in [0.25, 0.3) is 11.6 Å². The van der Waals surface area contributed by atoms with Crippen molar-refractivity contribution < 1.29 is 9.45 Å². The molecule has 1 aromatic heterocycles. The summed E-state index contributed by atoms with van der Waals surface area (Å²) in [6, 6.07) is 4.96. The highest BCUT2D eigenvalue weighted by molar-refractivity contribution is 5.69. The molecular formula is C13H16N4O3. The smallest absolute Gasteiger partial charge is 0.285 e. The van der Waals surface area contributed by atoms with Crippen molar-refractivity contribution in [1.82, 2.24) is 10.1 Å². The average molecular weight is 276 g/mol. The Labute approximate surface area is 115 Å². The van der Waals surface area contributed by atoms with Crippen molar-refractivity contribution in [2.24, 2.45) is 5.73 Å². The monoisotopic (exact) mass is 276 g/mol. The number of benzene rings is 1. The molecule has 2 N–H and O–H groups in total. The van der Waals surface area contributed by atoms with Crippen LogP contribution in [0.25, 0.3) is 11.5 Å². The Balaban J connectivity index is 2.54. The Morgan fingerprint density at radius 1 is 1.50 bits per heavy atom. The van der Waals surface area contributed by atoms with E-state index in [1.807, 2.05) is 6.92 Å². The van der Waals surface area contributed by atoms with Crippen LogP contribution in [0.4, 0.5) is 5.69 Å². The summed E-state index contributed by atoms with van der Waals surface area (Å²) in [7, 11) is 0. The van der Waals surface area contributed by atoms with Gasteiger partial charge in [0, 0.05) is 5.56 Å². The van der Waals surface area contributed by atoms with E-state index in [-0.39, 0.29) is 11.6 Å². The lowest BCUT2D eigenvalue weighted by molar-refractivity contribution is -0.384. The van der Waals surface area contributed by atoms with Gasteiger partial charge in [0.05, 0.1) is 10.5 Å². The summed E-state index contributed by atoms with van der Waals surface area (Å²) in [6.45, 7) is 5.36. The van der Waals surface area contributed by atoms with Gasteiger partial charge in [0.15, 0.2) is 5.82 Å². The van der Waals surface area contributed by atoms with Crippen molar-refractivity contribution >= 4 is 5.69 Å². The first-order valence-electron chi connectivity index (χ1n) is 6.24. The largest absolute Gasteiger partial charge is 0.334 e. The number of nitro groups is 1. The van der Waals surface area contributed by atoms with Crippen molar-refractivity contribution in [2.75, 3.05) is 0 Å². The zero-order valence-corrected chi connectivity index (χ0v) is 11.6. The molecule has 1 unspecified atom stereocenters. The van der Waals surface area contributed by atoms with Crippen molar-refractivity contribution in [1.29, 1.82) is 0 Å². The third-order valence-electron chi connectivity index (χ3n) is 3.32. The minimum Gasteiger partial charge on any atom is -0.334 e. The Bertz CT molecular complexity index is 649. The molecule has 0 aliphatic rings. The second kappa shape index (κ2) is 5.01. The summed E-state index contributed by atoms with van der Waals surface area (Å²) in [5.41, 5.74) is 6.13. The van der Waals surface area contributed by atoms with Crippen molar-refractivity contribution in [3.8, 4) is 11.5 Å². The Kier molecular flexibility index (Phi) is 3.54. The molecule has 0 spiro atoms. The van der Waals surface area contributed by atoms with Crippen molar-refractivity contribution in [3.05, 3.63) is 39.7 Å². The molecule has 0 bridgehead atoms. The van der Waals surface area contributed by atoms with E-state index in [0.29, 0.717) is 23.4 Å². The van der Waals surface area contributed by atoms with Crippen LogP contribution in [0.15, 0.2) is 22.7 Å². The van der Waals surface area contributed by atoms with Crippen LogP contribution in [0.2, 0.25) is 0 Å². The summed E-state index contributed by atoms with van der Waals surface area (Å²) in [5, 5.41) is 15.0. The maximum absolute atomic E-state index is 11.2. The molecule has 0 fully saturated rings. The highest BCUT2D eigenvalue weighted by Gasteiger charge is 2.28. The predicted octanol–water partition coefficient (Wildman–Crippen LogP) is 2.54. The standard InChI is InChI=1S/C13H16N4O3/c1-4-13(3,14)12-15-11(20-16-12)9-7-5-6-8(2)10(9)17(18)19/h5-7H,4,14H2,1-3H3. The van der Waals surface area contributed by atoms with E-state index in [1.54, 1.807) is 32.0 Å². The minimum atomic E-state index is -0.722. The van der Waals surface area contributed by atoms with Gasteiger partial charge in [0.1, 0.15) is 5.56 Å². The van der Waals surface area contributed by atoms with E-state index in [4.69, 9.17) is 10.3 Å². The molecule has 1 atom stereocenters. The van der Waals surface area contributed by atoms with E-state index in [0.717, 1.165) is 0 Å². The first-order chi connectivity index (χ1) is 9.36. The number of hydrogen-bond donors (Lipinski definition) is 1. The number of aromatic nitrogens is 2. The van der Waals surface area contributed by atoms with Gasteiger partial charge in [-0.1, -0.05) is 24.2 Å². The molecule has 1 aromatic carbocycles. The van der Waals surface area contributed by atoms with Gasteiger partial charge in [-0.2, -0.15) is 4.98 Å². The highest BCUT2D eigenvalue weighted by atomic mass is 16.6. The van der Waals surface area contributed by atoms with Gasteiger partial charge in [-0.15, -0.1) is 0 Å². The molecular weight excluding hydrogens is 260 g/mol. The van der Waals surface area contributed by atoms with Gasteiger partial charge >= 0.3 is 0 Å². The number of nitrogens with two attached hydrogens (primary N) is 1. The van der Waals surface area contributed by atoms with Crippen LogP contribution in [-0.4, -0.2) is 15.1 Å². The third kappa shape index (κ3) is 2.39. The first kappa shape index (κ1) is 14.1. The first-order valence-corrected chi connectivity index (χ1v) is 6.24. The van der Waals surface area contributed by atoms with Crippen LogP contribution in [0.5, 0.6) is 0 Å². The van der Waals surface area contributed by atoms with E-state index in [9.17, 15) is 10.1 Å². The SMILES string of the molecule is CCC(C)(N)c1noc(-c2cccc(C)c2[N+](=O)[O-])n1. The molecule has 7 nitrogen and oxygen atoms in total. The second-order valence-corrected chi connectivity index (χ2v) is 4.92. The minimum absolute atomic E-state index is 0.0297. The molecule has 7 heteroatoms. The fourth-order valence-electron chi connectivity index (χ4n) is 1.80. The highest BCUT2D eigenvalue weighted by Crippen LogP contribution is 2.32. The van der Waals surface area contributed by atoms with Gasteiger partial charge in [-0.25, -0.2) is 0 Å². The maximum Gasteiger partial charge on any atom is 0.285 e. The van der Waals surface area contributed by atoms with E-state index >= 15 is 0 Å². The number of nitro benzene ring substituents is 1. The van der Waals surface area contributed by atoms with Gasteiger partial charge in [0.2, 0.25) is 0 Å². The summed E-state index contributed by atoms with van der Waals surface area (Å²) in [5.74, 6) is 0.450. The molecule has 0 aliphatic heterocycles. The van der Waals surface area contributed by atoms with Crippen LogP contribution in [0.3, 0.4) is 0 Å². The van der Waals surface area contributed by atoms with Crippen molar-refractivity contribution in [3.63, 3.8) is 0 Å². The number of hydrogen-bond acceptors (Lipinski definition) is 6. The molecule has 0 aliphatic carbocycles. The Morgan fingerprint density at radius 2 is 2.20 bits per heavy atom. The van der Waals surface area contributed by atoms with Crippen LogP contribution >= 0.6 is 0 Å². The molecule has 0 saturated carbocycles. The molecule has 2 aromatic rings. The fourth-order valence-corrected chi connectivity index (χ4v) is 1.80. The lowest BCUT2D eigenvalue weighted by Gasteiger charge is -2.16. The van der Waals surface area contributed by atoms with E-state index < -0.39 is 10.5 Å². The molecule has 0 amide bonds. The quantitative estimate of drug-likeness (QED) is 0.679. The van der Waals surface area contributed by atoms with Crippen molar-refractivity contribution in [2.45, 2.75) is 32.7 Å². The van der Waals surface area contributed by atoms with E-state index in [2.05, 4.69) is 10.1 Å². The number of nitrogens with zero attached hydrogens (tertiary/aromatic N) is 3. The number of para-hydroxylation sites is 1. The zero-order chi connectivity index (χ0) is 14.9. The molecule has 106 valence electrons. The normalized spacial score (nSPS) is 14.0. The average Bonchev–Trinajstić information content (AvgIpc) is 2.88. The zero-order valence-electron chi connectivity index (χ0n) is 11.6. The summed E-state index contributed by atoms with van der Waals surface area (Å²) >= 11 is 0. The summed E-state index contributed by atoms with van der Waals surface area (Å²) in [4.78, 5) is 14.9. The molecule has 1 heterocycles. The lowest BCUT2D eigenvalue weighted by Crippen LogP contribution is -2.33. The fraction of sp³-hybridized carbons (Fsp3) is 0.385. The van der Waals surface area contributed by atoms with Gasteiger partial charge in [-0.05, 0) is 26.3 Å². The van der Waals surface area contributed by atoms with Crippen LogP contribution in [0, 0.1) is 17.0 Å². The Hall–Kier alpha value is -2.28. The maximum atomic E-state index is 11.2.